The second-order valence-electron chi connectivity index (χ2n) is 6.15. The first-order valence-corrected chi connectivity index (χ1v) is 8.79. The van der Waals surface area contributed by atoms with E-state index in [-0.39, 0.29) is 11.6 Å². The van der Waals surface area contributed by atoms with E-state index in [1.807, 2.05) is 22.5 Å². The molecule has 8 heteroatoms. The summed E-state index contributed by atoms with van der Waals surface area (Å²) in [4.78, 5) is 11.0. The Hall–Kier alpha value is -3.29. The number of ether oxygens (including phenoxy) is 1. The van der Waals surface area contributed by atoms with Crippen LogP contribution in [-0.4, -0.2) is 28.7 Å². The van der Waals surface area contributed by atoms with Crippen LogP contribution >= 0.6 is 0 Å². The molecular weight excluding hydrogens is 369 g/mol. The second kappa shape index (κ2) is 7.38. The average molecular weight is 386 g/mol. The van der Waals surface area contributed by atoms with Crippen LogP contribution in [0.4, 0.5) is 18.9 Å². The van der Waals surface area contributed by atoms with Crippen LogP contribution in [0.3, 0.4) is 0 Å². The molecule has 1 aliphatic heterocycles. The Morgan fingerprint density at radius 3 is 2.64 bits per heavy atom. The maximum absolute atomic E-state index is 13.9. The first-order chi connectivity index (χ1) is 13.6. The Kier molecular flexibility index (Phi) is 4.77. The van der Waals surface area contributed by atoms with E-state index in [1.54, 1.807) is 24.4 Å². The van der Waals surface area contributed by atoms with Crippen molar-refractivity contribution in [2.75, 3.05) is 11.4 Å². The van der Waals surface area contributed by atoms with Crippen LogP contribution in [0.2, 0.25) is 0 Å². The predicted octanol–water partition coefficient (Wildman–Crippen LogP) is 4.58. The fourth-order valence-corrected chi connectivity index (χ4v) is 3.19. The minimum atomic E-state index is -2.87. The number of aryl methyl sites for hydroxylation is 1. The lowest BCUT2D eigenvalue weighted by atomic mass is 10.2. The minimum absolute atomic E-state index is 0.0780. The zero-order valence-corrected chi connectivity index (χ0v) is 15.0. The molecule has 2 aromatic carbocycles. The summed E-state index contributed by atoms with van der Waals surface area (Å²) < 4.78 is 44.9. The quantitative estimate of drug-likeness (QED) is 0.659. The number of alkyl halides is 2. The van der Waals surface area contributed by atoms with Gasteiger partial charge in [0.1, 0.15) is 17.4 Å². The van der Waals surface area contributed by atoms with Crippen molar-refractivity contribution in [2.24, 2.45) is 4.99 Å². The van der Waals surface area contributed by atoms with Gasteiger partial charge in [-0.25, -0.2) is 14.4 Å². The summed E-state index contributed by atoms with van der Waals surface area (Å²) in [7, 11) is 0. The lowest BCUT2D eigenvalue weighted by Crippen LogP contribution is -2.38. The number of benzene rings is 2. The molecule has 0 bridgehead atoms. The highest BCUT2D eigenvalue weighted by Gasteiger charge is 2.22. The van der Waals surface area contributed by atoms with Crippen molar-refractivity contribution >= 4 is 22.7 Å². The molecule has 0 saturated carbocycles. The molecule has 4 rings (SSSR count). The van der Waals surface area contributed by atoms with Crippen LogP contribution < -0.4 is 9.64 Å². The van der Waals surface area contributed by atoms with Crippen molar-refractivity contribution in [3.63, 3.8) is 0 Å². The van der Waals surface area contributed by atoms with Gasteiger partial charge in [0.25, 0.3) is 0 Å². The molecule has 0 fully saturated rings. The number of nitrogens with zero attached hydrogens (tertiary/aromatic N) is 4. The lowest BCUT2D eigenvalue weighted by molar-refractivity contribution is -0.0498. The maximum Gasteiger partial charge on any atom is 0.387 e. The zero-order chi connectivity index (χ0) is 19.7. The second-order valence-corrected chi connectivity index (χ2v) is 6.15. The minimum Gasteiger partial charge on any atom is -0.435 e. The molecular formula is C20H17F3N4O. The molecule has 2 heterocycles. The van der Waals surface area contributed by atoms with Crippen molar-refractivity contribution in [1.82, 2.24) is 9.55 Å². The van der Waals surface area contributed by atoms with Gasteiger partial charge < -0.3 is 9.64 Å². The van der Waals surface area contributed by atoms with Crippen LogP contribution in [0.25, 0.3) is 11.0 Å². The molecule has 0 atom stereocenters. The third-order valence-corrected chi connectivity index (χ3v) is 4.40. The van der Waals surface area contributed by atoms with Crippen molar-refractivity contribution in [3.8, 4) is 5.75 Å². The fourth-order valence-electron chi connectivity index (χ4n) is 3.19. The fraction of sp³-hybridized carbons (Fsp3) is 0.200. The molecule has 0 aliphatic carbocycles. The van der Waals surface area contributed by atoms with Crippen LogP contribution in [0.5, 0.6) is 5.75 Å². The number of aliphatic imine (C=N–C) groups is 1. The predicted molar refractivity (Wildman–Crippen MR) is 101 cm³/mol. The smallest absolute Gasteiger partial charge is 0.387 e. The van der Waals surface area contributed by atoms with E-state index in [1.165, 1.54) is 24.3 Å². The van der Waals surface area contributed by atoms with Gasteiger partial charge in [-0.3, -0.25) is 4.57 Å². The Bertz CT molecular complexity index is 1060. The Morgan fingerprint density at radius 1 is 1.14 bits per heavy atom. The van der Waals surface area contributed by atoms with Gasteiger partial charge >= 0.3 is 6.61 Å². The van der Waals surface area contributed by atoms with Crippen LogP contribution in [0, 0.1) is 5.82 Å². The van der Waals surface area contributed by atoms with Crippen molar-refractivity contribution < 1.29 is 17.9 Å². The third-order valence-electron chi connectivity index (χ3n) is 4.40. The van der Waals surface area contributed by atoms with Crippen molar-refractivity contribution in [2.45, 2.75) is 20.0 Å². The van der Waals surface area contributed by atoms with Gasteiger partial charge in [-0.2, -0.15) is 8.78 Å². The summed E-state index contributed by atoms with van der Waals surface area (Å²) in [5.74, 6) is 1.03. The summed E-state index contributed by atoms with van der Waals surface area (Å²) in [6.07, 6.45) is 4.19. The largest absolute Gasteiger partial charge is 0.435 e. The first kappa shape index (κ1) is 18.1. The van der Waals surface area contributed by atoms with Crippen molar-refractivity contribution in [3.05, 3.63) is 66.4 Å². The number of rotatable bonds is 4. The number of anilines is 1. The summed E-state index contributed by atoms with van der Waals surface area (Å²) in [5.41, 5.74) is 2.04. The molecule has 0 saturated heterocycles. The highest BCUT2D eigenvalue weighted by Crippen LogP contribution is 2.25. The molecule has 0 amide bonds. The molecule has 0 unspecified atom stereocenters. The summed E-state index contributed by atoms with van der Waals surface area (Å²) in [6, 6.07) is 10.8. The molecule has 144 valence electrons. The third kappa shape index (κ3) is 3.33. The Morgan fingerprint density at radius 2 is 1.93 bits per heavy atom. The maximum atomic E-state index is 13.9. The van der Waals surface area contributed by atoms with Gasteiger partial charge in [0, 0.05) is 30.9 Å². The van der Waals surface area contributed by atoms with E-state index in [4.69, 9.17) is 0 Å². The van der Waals surface area contributed by atoms with E-state index in [0.717, 1.165) is 11.5 Å². The number of hydrogen-bond donors (Lipinski definition) is 0. The average Bonchev–Trinajstić information content (AvgIpc) is 3.05. The van der Waals surface area contributed by atoms with E-state index in [9.17, 15) is 13.2 Å². The molecule has 0 radical (unpaired) electrons. The van der Waals surface area contributed by atoms with E-state index in [2.05, 4.69) is 14.7 Å². The first-order valence-electron chi connectivity index (χ1n) is 8.79. The number of halogens is 3. The highest BCUT2D eigenvalue weighted by atomic mass is 19.3. The van der Waals surface area contributed by atoms with E-state index in [0.29, 0.717) is 30.0 Å². The van der Waals surface area contributed by atoms with E-state index < -0.39 is 6.61 Å². The molecule has 3 aromatic rings. The number of hydrogen-bond acceptors (Lipinski definition) is 4. The van der Waals surface area contributed by atoms with Gasteiger partial charge in [-0.05, 0) is 42.5 Å². The Balaban J connectivity index is 1.78. The molecule has 1 aliphatic rings. The SMILES string of the molecule is CCc1nc2ccc(F)cc2n1C1=NC=CCN1c1ccc(OC(F)F)cc1. The standard InChI is InChI=1S/C20H17F3N4O/c1-2-18-25-16-9-4-13(21)12-17(16)27(18)20-24-10-3-11-26(20)14-5-7-15(8-6-14)28-19(22)23/h3-10,12,19H,2,11H2,1H3. The molecule has 28 heavy (non-hydrogen) atoms. The number of fused-ring (bicyclic) bond motifs is 1. The van der Waals surface area contributed by atoms with Gasteiger partial charge in [-0.1, -0.05) is 6.92 Å². The topological polar surface area (TPSA) is 42.7 Å². The normalized spacial score (nSPS) is 14.0. The lowest BCUT2D eigenvalue weighted by Gasteiger charge is -2.28. The van der Waals surface area contributed by atoms with E-state index >= 15 is 0 Å². The van der Waals surface area contributed by atoms with Crippen LogP contribution in [0.15, 0.2) is 59.7 Å². The van der Waals surface area contributed by atoms with Crippen molar-refractivity contribution in [1.29, 1.82) is 0 Å². The summed E-state index contributed by atoms with van der Waals surface area (Å²) in [5, 5.41) is 0. The summed E-state index contributed by atoms with van der Waals surface area (Å²) >= 11 is 0. The molecule has 5 nitrogen and oxygen atoms in total. The zero-order valence-electron chi connectivity index (χ0n) is 15.0. The highest BCUT2D eigenvalue weighted by molar-refractivity contribution is 6.03. The van der Waals surface area contributed by atoms with Gasteiger partial charge in [0.2, 0.25) is 5.96 Å². The summed E-state index contributed by atoms with van der Waals surface area (Å²) in [6.45, 7) is -0.389. The van der Waals surface area contributed by atoms with Crippen LogP contribution in [-0.2, 0) is 6.42 Å². The monoisotopic (exact) mass is 386 g/mol. The van der Waals surface area contributed by atoms with Crippen LogP contribution in [0.1, 0.15) is 12.7 Å². The Labute approximate surface area is 159 Å². The molecule has 1 aromatic heterocycles. The van der Waals surface area contributed by atoms with Gasteiger partial charge in [-0.15, -0.1) is 0 Å². The van der Waals surface area contributed by atoms with Gasteiger partial charge in [0.15, 0.2) is 0 Å². The van der Waals surface area contributed by atoms with Gasteiger partial charge in [0.05, 0.1) is 11.0 Å². The number of aromatic nitrogens is 2. The number of imidazole rings is 1. The molecule has 0 N–H and O–H groups in total. The molecule has 0 spiro atoms.